The summed E-state index contributed by atoms with van der Waals surface area (Å²) < 4.78 is 0. The summed E-state index contributed by atoms with van der Waals surface area (Å²) in [5, 5.41) is 33.7. The molecule has 334 valence electrons. The first-order valence-corrected chi connectivity index (χ1v) is 24.7. The lowest BCUT2D eigenvalue weighted by Crippen LogP contribution is -2.61. The molecule has 0 amide bonds. The molecule has 0 saturated heterocycles. The van der Waals surface area contributed by atoms with Crippen LogP contribution in [0.4, 0.5) is 0 Å². The zero-order valence-electron chi connectivity index (χ0n) is 37.9. The van der Waals surface area contributed by atoms with Gasteiger partial charge >= 0.3 is 0 Å². The van der Waals surface area contributed by atoms with Crippen molar-refractivity contribution in [1.29, 1.82) is 0 Å². The second-order valence-electron chi connectivity index (χ2n) is 17.2. The Bertz CT molecular complexity index is 988. The molecule has 0 rings (SSSR count). The minimum atomic E-state index is -2.77. The van der Waals surface area contributed by atoms with Gasteiger partial charge in [0.05, 0.1) is 0 Å². The number of aliphatic hydroxyl groups excluding tert-OH is 2. The molecule has 0 aromatic heterocycles. The highest BCUT2D eigenvalue weighted by atomic mass is 16.4. The SMILES string of the molecule is CCCCCCCC/C=C\CCCCCCCC(=O)C(O)C(O)C(O)(C(=O)CCCCCCC/C=C\CCCCCCCC)C(=O)CCCCCCCCCCC. The van der Waals surface area contributed by atoms with Crippen LogP contribution in [0.2, 0.25) is 0 Å². The van der Waals surface area contributed by atoms with E-state index in [1.54, 1.807) is 0 Å². The smallest absolute Gasteiger partial charge is 0.210 e. The van der Waals surface area contributed by atoms with E-state index in [0.717, 1.165) is 103 Å². The van der Waals surface area contributed by atoms with E-state index in [1.165, 1.54) is 103 Å². The maximum atomic E-state index is 13.5. The first-order chi connectivity index (χ1) is 27.8. The van der Waals surface area contributed by atoms with Gasteiger partial charge in [-0.25, -0.2) is 0 Å². The van der Waals surface area contributed by atoms with Gasteiger partial charge in [0.2, 0.25) is 5.60 Å². The Morgan fingerprint density at radius 1 is 0.386 bits per heavy atom. The van der Waals surface area contributed by atoms with Crippen molar-refractivity contribution in [3.8, 4) is 0 Å². The molecule has 0 aliphatic heterocycles. The summed E-state index contributed by atoms with van der Waals surface area (Å²) in [6.07, 6.45) is 43.5. The predicted octanol–water partition coefficient (Wildman–Crippen LogP) is 14.1. The molecule has 3 atom stereocenters. The lowest BCUT2D eigenvalue weighted by Gasteiger charge is -2.32. The zero-order chi connectivity index (χ0) is 42.1. The van der Waals surface area contributed by atoms with Crippen molar-refractivity contribution in [2.75, 3.05) is 0 Å². The number of ketones is 3. The molecule has 3 N–H and O–H groups in total. The summed E-state index contributed by atoms with van der Waals surface area (Å²) >= 11 is 0. The topological polar surface area (TPSA) is 112 Å². The van der Waals surface area contributed by atoms with Crippen molar-refractivity contribution in [3.63, 3.8) is 0 Å². The summed E-state index contributed by atoms with van der Waals surface area (Å²) in [6, 6.07) is 0. The van der Waals surface area contributed by atoms with E-state index in [0.29, 0.717) is 19.3 Å². The molecule has 0 bridgehead atoms. The van der Waals surface area contributed by atoms with Crippen molar-refractivity contribution in [2.45, 2.75) is 283 Å². The van der Waals surface area contributed by atoms with E-state index in [-0.39, 0.29) is 19.3 Å². The Morgan fingerprint density at radius 3 is 0.930 bits per heavy atom. The Hall–Kier alpha value is -1.63. The van der Waals surface area contributed by atoms with Gasteiger partial charge in [-0.15, -0.1) is 0 Å². The number of allylic oxidation sites excluding steroid dienone is 4. The van der Waals surface area contributed by atoms with Crippen LogP contribution in [0.25, 0.3) is 0 Å². The summed E-state index contributed by atoms with van der Waals surface area (Å²) in [6.45, 7) is 6.69. The summed E-state index contributed by atoms with van der Waals surface area (Å²) in [7, 11) is 0. The van der Waals surface area contributed by atoms with Gasteiger partial charge in [0, 0.05) is 19.3 Å². The number of Topliss-reactive ketones (excluding diaryl/α,β-unsaturated/α-hetero) is 3. The Balaban J connectivity index is 4.77. The molecule has 0 radical (unpaired) electrons. The Kier molecular flexibility index (Phi) is 39.9. The molecular weight excluding hydrogens is 709 g/mol. The molecule has 6 nitrogen and oxygen atoms in total. The second kappa shape index (κ2) is 41.1. The minimum Gasteiger partial charge on any atom is -0.386 e. The molecule has 0 saturated carbocycles. The third-order valence-electron chi connectivity index (χ3n) is 11.8. The third-order valence-corrected chi connectivity index (χ3v) is 11.8. The van der Waals surface area contributed by atoms with E-state index in [4.69, 9.17) is 0 Å². The monoisotopic (exact) mass is 803 g/mol. The lowest BCUT2D eigenvalue weighted by molar-refractivity contribution is -0.174. The molecule has 57 heavy (non-hydrogen) atoms. The van der Waals surface area contributed by atoms with Crippen LogP contribution in [0.3, 0.4) is 0 Å². The van der Waals surface area contributed by atoms with Crippen LogP contribution in [0.1, 0.15) is 265 Å². The standard InChI is InChI=1S/C51H94O6/c1-4-7-10-13-16-19-21-23-25-27-29-32-34-37-40-43-46(52)49(55)50(56)51(57,47(53)44-41-38-35-31-18-15-12-9-6-3)48(54)45-42-39-36-33-30-28-26-24-22-20-17-14-11-8-5-2/h23-26,49-50,55-57H,4-22,27-45H2,1-3H3/b25-23-,26-24-. The molecule has 0 spiro atoms. The van der Waals surface area contributed by atoms with E-state index in [9.17, 15) is 29.7 Å². The number of unbranched alkanes of at least 4 members (excludes halogenated alkanes) is 30. The summed E-state index contributed by atoms with van der Waals surface area (Å²) in [4.78, 5) is 40.0. The van der Waals surface area contributed by atoms with Crippen LogP contribution in [-0.4, -0.2) is 50.5 Å². The van der Waals surface area contributed by atoms with Gasteiger partial charge in [0.1, 0.15) is 12.2 Å². The summed E-state index contributed by atoms with van der Waals surface area (Å²) in [5.41, 5.74) is -2.77. The van der Waals surface area contributed by atoms with Crippen molar-refractivity contribution in [2.24, 2.45) is 0 Å². The van der Waals surface area contributed by atoms with Crippen LogP contribution in [0.5, 0.6) is 0 Å². The average Bonchev–Trinajstić information content (AvgIpc) is 3.21. The zero-order valence-corrected chi connectivity index (χ0v) is 37.9. The Morgan fingerprint density at radius 2 is 0.632 bits per heavy atom. The normalized spacial score (nSPS) is 14.1. The van der Waals surface area contributed by atoms with Crippen molar-refractivity contribution in [3.05, 3.63) is 24.3 Å². The quantitative estimate of drug-likeness (QED) is 0.0321. The van der Waals surface area contributed by atoms with Crippen LogP contribution in [0, 0.1) is 0 Å². The maximum Gasteiger partial charge on any atom is 0.210 e. The van der Waals surface area contributed by atoms with Crippen LogP contribution in [-0.2, 0) is 14.4 Å². The van der Waals surface area contributed by atoms with Gasteiger partial charge in [-0.05, 0) is 70.6 Å². The molecule has 0 fully saturated rings. The van der Waals surface area contributed by atoms with E-state index < -0.39 is 35.2 Å². The lowest BCUT2D eigenvalue weighted by atomic mass is 9.79. The number of carbonyl (C=O) groups is 3. The largest absolute Gasteiger partial charge is 0.386 e. The van der Waals surface area contributed by atoms with Crippen LogP contribution in [0.15, 0.2) is 24.3 Å². The van der Waals surface area contributed by atoms with Crippen molar-refractivity contribution >= 4 is 17.3 Å². The van der Waals surface area contributed by atoms with Gasteiger partial charge in [0.15, 0.2) is 17.3 Å². The average molecular weight is 803 g/mol. The van der Waals surface area contributed by atoms with Gasteiger partial charge < -0.3 is 15.3 Å². The number of hydrogen-bond acceptors (Lipinski definition) is 6. The molecule has 0 aromatic rings. The summed E-state index contributed by atoms with van der Waals surface area (Å²) in [5.74, 6) is -2.17. The fourth-order valence-electron chi connectivity index (χ4n) is 7.74. The highest BCUT2D eigenvalue weighted by Crippen LogP contribution is 2.25. The number of hydrogen-bond donors (Lipinski definition) is 3. The van der Waals surface area contributed by atoms with E-state index in [2.05, 4.69) is 45.1 Å². The molecule has 6 heteroatoms. The number of aliphatic hydroxyl groups is 3. The van der Waals surface area contributed by atoms with E-state index in [1.807, 2.05) is 0 Å². The molecule has 0 aromatic carbocycles. The number of rotatable bonds is 45. The predicted molar refractivity (Wildman–Crippen MR) is 243 cm³/mol. The second-order valence-corrected chi connectivity index (χ2v) is 17.2. The Labute approximate surface area is 352 Å². The van der Waals surface area contributed by atoms with Gasteiger partial charge in [-0.3, -0.25) is 14.4 Å². The molecule has 0 heterocycles. The molecule has 0 aliphatic rings. The number of carbonyl (C=O) groups excluding carboxylic acids is 3. The van der Waals surface area contributed by atoms with Crippen LogP contribution >= 0.6 is 0 Å². The minimum absolute atomic E-state index is 0.0430. The van der Waals surface area contributed by atoms with Gasteiger partial charge in [-0.1, -0.05) is 199 Å². The van der Waals surface area contributed by atoms with Crippen LogP contribution < -0.4 is 0 Å². The third kappa shape index (κ3) is 31.0. The van der Waals surface area contributed by atoms with E-state index >= 15 is 0 Å². The molecule has 0 aliphatic carbocycles. The molecule has 3 unspecified atom stereocenters. The maximum absolute atomic E-state index is 13.5. The fraction of sp³-hybridized carbons (Fsp3) is 0.863. The fourth-order valence-corrected chi connectivity index (χ4v) is 7.74. The van der Waals surface area contributed by atoms with Gasteiger partial charge in [-0.2, -0.15) is 0 Å². The van der Waals surface area contributed by atoms with Crippen molar-refractivity contribution < 1.29 is 29.7 Å². The van der Waals surface area contributed by atoms with Gasteiger partial charge in [0.25, 0.3) is 0 Å². The first kappa shape index (κ1) is 55.4. The highest BCUT2D eigenvalue weighted by molar-refractivity contribution is 6.11. The highest BCUT2D eigenvalue weighted by Gasteiger charge is 2.52. The molecular formula is C51H94O6. The van der Waals surface area contributed by atoms with Crippen molar-refractivity contribution in [1.82, 2.24) is 0 Å². The first-order valence-electron chi connectivity index (χ1n) is 24.7.